The predicted octanol–water partition coefficient (Wildman–Crippen LogP) is 2.42. The Balaban J connectivity index is 1.89. The lowest BCUT2D eigenvalue weighted by atomic mass is 9.97. The lowest BCUT2D eigenvalue weighted by Crippen LogP contribution is -2.45. The SMILES string of the molecule is Oc1c([C@H](CC2CC2)N2CCNCC2)ccc(F)c1F. The Bertz CT molecular complexity index is 485. The van der Waals surface area contributed by atoms with Crippen molar-refractivity contribution in [2.45, 2.75) is 25.3 Å². The lowest BCUT2D eigenvalue weighted by molar-refractivity contribution is 0.157. The second kappa shape index (κ2) is 5.66. The molecular formula is C15H20F2N2O. The fourth-order valence-corrected chi connectivity index (χ4v) is 2.96. The monoisotopic (exact) mass is 282 g/mol. The quantitative estimate of drug-likeness (QED) is 0.890. The Morgan fingerprint density at radius 1 is 1.25 bits per heavy atom. The molecule has 0 bridgehead atoms. The van der Waals surface area contributed by atoms with Crippen LogP contribution in [0.4, 0.5) is 8.78 Å². The molecule has 0 radical (unpaired) electrons. The first-order valence-corrected chi connectivity index (χ1v) is 7.28. The van der Waals surface area contributed by atoms with E-state index in [1.54, 1.807) is 0 Å². The van der Waals surface area contributed by atoms with Gasteiger partial charge in [-0.15, -0.1) is 0 Å². The van der Waals surface area contributed by atoms with Crippen LogP contribution in [0.15, 0.2) is 12.1 Å². The second-order valence-electron chi connectivity index (χ2n) is 5.78. The van der Waals surface area contributed by atoms with Crippen molar-refractivity contribution in [3.8, 4) is 5.75 Å². The number of nitrogens with one attached hydrogen (secondary N) is 1. The van der Waals surface area contributed by atoms with Crippen molar-refractivity contribution >= 4 is 0 Å². The van der Waals surface area contributed by atoms with E-state index in [4.69, 9.17) is 0 Å². The van der Waals surface area contributed by atoms with Crippen molar-refractivity contribution in [1.82, 2.24) is 10.2 Å². The van der Waals surface area contributed by atoms with Gasteiger partial charge in [0.15, 0.2) is 11.6 Å². The van der Waals surface area contributed by atoms with Gasteiger partial charge >= 0.3 is 0 Å². The lowest BCUT2D eigenvalue weighted by Gasteiger charge is -2.35. The van der Waals surface area contributed by atoms with Gasteiger partial charge in [-0.3, -0.25) is 4.90 Å². The van der Waals surface area contributed by atoms with Gasteiger partial charge < -0.3 is 10.4 Å². The average Bonchev–Trinajstić information content (AvgIpc) is 3.28. The van der Waals surface area contributed by atoms with Crippen LogP contribution < -0.4 is 5.32 Å². The summed E-state index contributed by atoms with van der Waals surface area (Å²) in [6.45, 7) is 3.53. The van der Waals surface area contributed by atoms with Crippen LogP contribution in [-0.4, -0.2) is 36.2 Å². The Morgan fingerprint density at radius 3 is 2.60 bits per heavy atom. The van der Waals surface area contributed by atoms with E-state index in [0.717, 1.165) is 38.7 Å². The van der Waals surface area contributed by atoms with Crippen molar-refractivity contribution < 1.29 is 13.9 Å². The number of nitrogens with zero attached hydrogens (tertiary/aromatic N) is 1. The Hall–Kier alpha value is -1.20. The Kier molecular flexibility index (Phi) is 3.89. The molecule has 110 valence electrons. The molecule has 2 aliphatic rings. The molecule has 0 spiro atoms. The molecule has 3 nitrogen and oxygen atoms in total. The van der Waals surface area contributed by atoms with Crippen LogP contribution in [0, 0.1) is 17.6 Å². The number of phenols is 1. The highest BCUT2D eigenvalue weighted by atomic mass is 19.2. The zero-order valence-corrected chi connectivity index (χ0v) is 11.4. The number of phenolic OH excluding ortho intramolecular Hbond substituents is 1. The molecule has 1 aliphatic carbocycles. The second-order valence-corrected chi connectivity index (χ2v) is 5.78. The largest absolute Gasteiger partial charge is 0.505 e. The molecule has 5 heteroatoms. The Morgan fingerprint density at radius 2 is 1.95 bits per heavy atom. The summed E-state index contributed by atoms with van der Waals surface area (Å²) in [5.41, 5.74) is 0.526. The molecule has 20 heavy (non-hydrogen) atoms. The van der Waals surface area contributed by atoms with E-state index in [1.165, 1.54) is 18.9 Å². The molecule has 3 rings (SSSR count). The number of rotatable bonds is 4. The highest BCUT2D eigenvalue weighted by Gasteiger charge is 2.32. The van der Waals surface area contributed by atoms with E-state index in [-0.39, 0.29) is 6.04 Å². The maximum Gasteiger partial charge on any atom is 0.200 e. The van der Waals surface area contributed by atoms with E-state index < -0.39 is 17.4 Å². The fraction of sp³-hybridized carbons (Fsp3) is 0.600. The van der Waals surface area contributed by atoms with Gasteiger partial charge in [-0.2, -0.15) is 4.39 Å². The topological polar surface area (TPSA) is 35.5 Å². The molecule has 1 heterocycles. The predicted molar refractivity (Wildman–Crippen MR) is 72.5 cm³/mol. The third-order valence-corrected chi connectivity index (χ3v) is 4.31. The average molecular weight is 282 g/mol. The van der Waals surface area contributed by atoms with E-state index in [1.807, 2.05) is 0 Å². The van der Waals surface area contributed by atoms with Gasteiger partial charge in [0.05, 0.1) is 0 Å². The molecule has 2 N–H and O–H groups in total. The summed E-state index contributed by atoms with van der Waals surface area (Å²) >= 11 is 0. The molecule has 1 atom stereocenters. The molecule has 1 saturated heterocycles. The van der Waals surface area contributed by atoms with Crippen molar-refractivity contribution in [2.24, 2.45) is 5.92 Å². The van der Waals surface area contributed by atoms with Gasteiger partial charge in [-0.05, 0) is 18.4 Å². The van der Waals surface area contributed by atoms with Gasteiger partial charge in [0.25, 0.3) is 0 Å². The van der Waals surface area contributed by atoms with Crippen molar-refractivity contribution in [1.29, 1.82) is 0 Å². The number of hydrogen-bond donors (Lipinski definition) is 2. The first-order chi connectivity index (χ1) is 9.66. The molecular weight excluding hydrogens is 262 g/mol. The van der Waals surface area contributed by atoms with Crippen LogP contribution >= 0.6 is 0 Å². The summed E-state index contributed by atoms with van der Waals surface area (Å²) < 4.78 is 26.8. The summed E-state index contributed by atoms with van der Waals surface area (Å²) in [5, 5.41) is 13.2. The maximum atomic E-state index is 13.6. The van der Waals surface area contributed by atoms with E-state index in [0.29, 0.717) is 11.5 Å². The number of benzene rings is 1. The van der Waals surface area contributed by atoms with E-state index in [9.17, 15) is 13.9 Å². The van der Waals surface area contributed by atoms with Gasteiger partial charge in [0.2, 0.25) is 5.82 Å². The zero-order chi connectivity index (χ0) is 14.1. The number of halogens is 2. The summed E-state index contributed by atoms with van der Waals surface area (Å²) in [6.07, 6.45) is 3.32. The first-order valence-electron chi connectivity index (χ1n) is 7.28. The summed E-state index contributed by atoms with van der Waals surface area (Å²) in [6, 6.07) is 2.63. The van der Waals surface area contributed by atoms with Crippen LogP contribution in [0.5, 0.6) is 5.75 Å². The van der Waals surface area contributed by atoms with Crippen molar-refractivity contribution in [2.75, 3.05) is 26.2 Å². The van der Waals surface area contributed by atoms with Crippen LogP contribution in [-0.2, 0) is 0 Å². The molecule has 1 aliphatic heterocycles. The maximum absolute atomic E-state index is 13.6. The standard InChI is InChI=1S/C15H20F2N2O/c16-12-4-3-11(15(20)14(12)17)13(9-10-1-2-10)19-7-5-18-6-8-19/h3-4,10,13,18,20H,1-2,5-9H2/t13-/m0/s1. The molecule has 0 unspecified atom stereocenters. The van der Waals surface area contributed by atoms with Crippen LogP contribution in [0.1, 0.15) is 30.9 Å². The van der Waals surface area contributed by atoms with Crippen LogP contribution in [0.25, 0.3) is 0 Å². The summed E-state index contributed by atoms with van der Waals surface area (Å²) in [4.78, 5) is 2.27. The van der Waals surface area contributed by atoms with Crippen molar-refractivity contribution in [3.05, 3.63) is 29.3 Å². The normalized spacial score (nSPS) is 21.9. The van der Waals surface area contributed by atoms with Gasteiger partial charge in [-0.25, -0.2) is 4.39 Å². The van der Waals surface area contributed by atoms with Gasteiger partial charge in [-0.1, -0.05) is 18.9 Å². The van der Waals surface area contributed by atoms with Gasteiger partial charge in [0, 0.05) is 37.8 Å². The summed E-state index contributed by atoms with van der Waals surface area (Å²) in [5.74, 6) is -1.98. The highest BCUT2D eigenvalue weighted by Crippen LogP contribution is 2.42. The molecule has 1 aromatic rings. The van der Waals surface area contributed by atoms with Crippen LogP contribution in [0.3, 0.4) is 0 Å². The molecule has 0 amide bonds. The summed E-state index contributed by atoms with van der Waals surface area (Å²) in [7, 11) is 0. The number of hydrogen-bond acceptors (Lipinski definition) is 3. The Labute approximate surface area is 117 Å². The zero-order valence-electron chi connectivity index (χ0n) is 11.4. The van der Waals surface area contributed by atoms with Crippen molar-refractivity contribution in [3.63, 3.8) is 0 Å². The van der Waals surface area contributed by atoms with Gasteiger partial charge in [0.1, 0.15) is 0 Å². The molecule has 1 aromatic carbocycles. The molecule has 1 saturated carbocycles. The molecule has 0 aromatic heterocycles. The minimum Gasteiger partial charge on any atom is -0.505 e. The van der Waals surface area contributed by atoms with E-state index in [2.05, 4.69) is 10.2 Å². The number of piperazine rings is 1. The fourth-order valence-electron chi connectivity index (χ4n) is 2.96. The van der Waals surface area contributed by atoms with Crippen LogP contribution in [0.2, 0.25) is 0 Å². The van der Waals surface area contributed by atoms with E-state index >= 15 is 0 Å². The first kappa shape index (κ1) is 13.8. The minimum absolute atomic E-state index is 0.0142. The smallest absolute Gasteiger partial charge is 0.200 e. The minimum atomic E-state index is -1.13. The molecule has 2 fully saturated rings. The third-order valence-electron chi connectivity index (χ3n) is 4.31. The third kappa shape index (κ3) is 2.79. The number of aromatic hydroxyl groups is 1. The highest BCUT2D eigenvalue weighted by molar-refractivity contribution is 5.37.